The largest absolute Gasteiger partial charge is 0.368 e. The predicted octanol–water partition coefficient (Wildman–Crippen LogP) is 0.846. The number of benzene rings is 1. The number of amides is 1. The Morgan fingerprint density at radius 3 is 2.43 bits per heavy atom. The van der Waals surface area contributed by atoms with E-state index in [4.69, 9.17) is 4.74 Å². The fraction of sp³-hybridized carbons (Fsp3) is 0.650. The molecule has 3 atom stereocenters. The van der Waals surface area contributed by atoms with Crippen LogP contribution in [0.3, 0.4) is 0 Å². The highest BCUT2D eigenvalue weighted by molar-refractivity contribution is 7.88. The molecule has 3 aliphatic heterocycles. The molecule has 1 N–H and O–H groups in total. The number of nitrogens with zero attached hydrogens (tertiary/aromatic N) is 2. The van der Waals surface area contributed by atoms with Crippen LogP contribution in [0.15, 0.2) is 30.3 Å². The Kier molecular flexibility index (Phi) is 5.24. The van der Waals surface area contributed by atoms with E-state index < -0.39 is 15.6 Å². The van der Waals surface area contributed by atoms with Crippen LogP contribution in [0.1, 0.15) is 24.4 Å². The van der Waals surface area contributed by atoms with E-state index >= 15 is 0 Å². The van der Waals surface area contributed by atoms with Crippen molar-refractivity contribution in [2.75, 3.05) is 46.1 Å². The molecule has 28 heavy (non-hydrogen) atoms. The maximum absolute atomic E-state index is 13.3. The van der Waals surface area contributed by atoms with Crippen LogP contribution in [0.2, 0.25) is 0 Å². The first-order valence-corrected chi connectivity index (χ1v) is 11.8. The van der Waals surface area contributed by atoms with E-state index in [-0.39, 0.29) is 23.8 Å². The lowest BCUT2D eigenvalue weighted by Crippen LogP contribution is -2.55. The molecule has 1 amide bonds. The van der Waals surface area contributed by atoms with Crippen LogP contribution in [-0.4, -0.2) is 75.2 Å². The van der Waals surface area contributed by atoms with Gasteiger partial charge in [0, 0.05) is 32.7 Å². The molecule has 0 saturated carbocycles. The van der Waals surface area contributed by atoms with Gasteiger partial charge in [-0.2, -0.15) is 4.31 Å². The number of methoxy groups -OCH3 is 1. The van der Waals surface area contributed by atoms with Crippen molar-refractivity contribution in [3.8, 4) is 0 Å². The van der Waals surface area contributed by atoms with E-state index in [9.17, 15) is 13.2 Å². The summed E-state index contributed by atoms with van der Waals surface area (Å²) in [7, 11) is -1.70. The van der Waals surface area contributed by atoms with Crippen molar-refractivity contribution in [3.63, 3.8) is 0 Å². The molecule has 0 unspecified atom stereocenters. The third-order valence-electron chi connectivity index (χ3n) is 6.67. The maximum atomic E-state index is 13.3. The summed E-state index contributed by atoms with van der Waals surface area (Å²) in [6.45, 7) is 3.18. The molecule has 1 aromatic carbocycles. The molecule has 0 aromatic heterocycles. The first-order valence-electron chi connectivity index (χ1n) is 9.93. The highest BCUT2D eigenvalue weighted by Crippen LogP contribution is 2.46. The number of sulfonamides is 1. The number of likely N-dealkylation sites (tertiary alicyclic amines) is 1. The summed E-state index contributed by atoms with van der Waals surface area (Å²) in [5, 5.41) is 3.29. The Labute approximate surface area is 167 Å². The average molecular weight is 408 g/mol. The minimum atomic E-state index is -3.32. The fourth-order valence-electron chi connectivity index (χ4n) is 5.20. The van der Waals surface area contributed by atoms with Crippen molar-refractivity contribution in [2.24, 2.45) is 11.8 Å². The zero-order valence-corrected chi connectivity index (χ0v) is 17.3. The number of piperidine rings is 1. The second-order valence-corrected chi connectivity index (χ2v) is 10.2. The lowest BCUT2D eigenvalue weighted by molar-refractivity contribution is -0.157. The van der Waals surface area contributed by atoms with Gasteiger partial charge < -0.3 is 15.0 Å². The third kappa shape index (κ3) is 3.36. The number of hydrogen-bond donors (Lipinski definition) is 1. The van der Waals surface area contributed by atoms with Crippen LogP contribution in [0.5, 0.6) is 0 Å². The number of ether oxygens (including phenoxy) is 1. The standard InChI is InChI=1S/C20H29N3O4S/c1-27-20(8-10-21-11-9-20)19(24)22-12-16-13-23(28(2,25)26)18(17(16)14-22)15-6-4-3-5-7-15/h3-7,16-18,21H,8-14H2,1-2H3/t16-,17-,18+/m1/s1. The Morgan fingerprint density at radius 2 is 1.82 bits per heavy atom. The van der Waals surface area contributed by atoms with Gasteiger partial charge in [-0.05, 0) is 37.4 Å². The maximum Gasteiger partial charge on any atom is 0.254 e. The number of carbonyl (C=O) groups is 1. The van der Waals surface area contributed by atoms with Gasteiger partial charge in [-0.25, -0.2) is 8.42 Å². The number of fused-ring (bicyclic) bond motifs is 1. The van der Waals surface area contributed by atoms with Gasteiger partial charge in [0.15, 0.2) is 0 Å². The summed E-state index contributed by atoms with van der Waals surface area (Å²) in [6.07, 6.45) is 2.62. The molecule has 3 saturated heterocycles. The Balaban J connectivity index is 1.59. The van der Waals surface area contributed by atoms with E-state index in [1.807, 2.05) is 35.2 Å². The molecule has 0 radical (unpaired) electrons. The second-order valence-electron chi connectivity index (χ2n) is 8.27. The first-order chi connectivity index (χ1) is 13.4. The molecule has 8 heteroatoms. The van der Waals surface area contributed by atoms with Gasteiger partial charge >= 0.3 is 0 Å². The SMILES string of the molecule is COC1(C(=O)N2C[C@@H]3CN(S(C)(=O)=O)[C@@H](c4ccccc4)[C@@H]3C2)CCNCC1. The van der Waals surface area contributed by atoms with Gasteiger partial charge in [0.25, 0.3) is 5.91 Å². The van der Waals surface area contributed by atoms with E-state index in [0.29, 0.717) is 32.5 Å². The summed E-state index contributed by atoms with van der Waals surface area (Å²) in [5.74, 6) is 0.319. The summed E-state index contributed by atoms with van der Waals surface area (Å²) < 4.78 is 32.2. The minimum Gasteiger partial charge on any atom is -0.368 e. The highest BCUT2D eigenvalue weighted by atomic mass is 32.2. The van der Waals surface area contributed by atoms with Crippen molar-refractivity contribution in [1.82, 2.24) is 14.5 Å². The molecule has 154 valence electrons. The lowest BCUT2D eigenvalue weighted by Gasteiger charge is -2.38. The van der Waals surface area contributed by atoms with Gasteiger partial charge in [0.1, 0.15) is 5.60 Å². The number of hydrogen-bond acceptors (Lipinski definition) is 5. The van der Waals surface area contributed by atoms with Gasteiger partial charge in [-0.1, -0.05) is 30.3 Å². The average Bonchev–Trinajstić information content (AvgIpc) is 3.26. The topological polar surface area (TPSA) is 79.0 Å². The number of rotatable bonds is 4. The molecular formula is C20H29N3O4S. The molecule has 3 aliphatic rings. The second kappa shape index (κ2) is 7.40. The third-order valence-corrected chi connectivity index (χ3v) is 7.90. The molecular weight excluding hydrogens is 378 g/mol. The fourth-order valence-corrected chi connectivity index (χ4v) is 6.35. The Hall–Kier alpha value is -1.48. The highest BCUT2D eigenvalue weighted by Gasteiger charge is 2.53. The zero-order valence-electron chi connectivity index (χ0n) is 16.5. The Bertz CT molecular complexity index is 823. The van der Waals surface area contributed by atoms with E-state index in [0.717, 1.165) is 18.7 Å². The molecule has 0 aliphatic carbocycles. The summed E-state index contributed by atoms with van der Waals surface area (Å²) in [5.41, 5.74) is 0.251. The summed E-state index contributed by atoms with van der Waals surface area (Å²) in [4.78, 5) is 15.3. The smallest absolute Gasteiger partial charge is 0.254 e. The first kappa shape index (κ1) is 19.8. The quantitative estimate of drug-likeness (QED) is 0.801. The van der Waals surface area contributed by atoms with E-state index in [1.165, 1.54) is 6.26 Å². The van der Waals surface area contributed by atoms with Crippen molar-refractivity contribution < 1.29 is 17.9 Å². The van der Waals surface area contributed by atoms with E-state index in [2.05, 4.69) is 5.32 Å². The molecule has 3 heterocycles. The molecule has 3 fully saturated rings. The van der Waals surface area contributed by atoms with Gasteiger partial charge in [0.05, 0.1) is 12.3 Å². The van der Waals surface area contributed by atoms with Crippen LogP contribution in [-0.2, 0) is 19.6 Å². The van der Waals surface area contributed by atoms with Gasteiger partial charge in [-0.3, -0.25) is 4.79 Å². The van der Waals surface area contributed by atoms with Crippen molar-refractivity contribution >= 4 is 15.9 Å². The zero-order chi connectivity index (χ0) is 19.9. The van der Waals surface area contributed by atoms with Crippen LogP contribution >= 0.6 is 0 Å². The van der Waals surface area contributed by atoms with Crippen LogP contribution < -0.4 is 5.32 Å². The predicted molar refractivity (Wildman–Crippen MR) is 106 cm³/mol. The van der Waals surface area contributed by atoms with Gasteiger partial charge in [-0.15, -0.1) is 0 Å². The lowest BCUT2D eigenvalue weighted by atomic mass is 9.89. The molecule has 0 spiro atoms. The number of carbonyl (C=O) groups excluding carboxylic acids is 1. The van der Waals surface area contributed by atoms with Crippen molar-refractivity contribution in [1.29, 1.82) is 0 Å². The van der Waals surface area contributed by atoms with Crippen LogP contribution in [0.25, 0.3) is 0 Å². The van der Waals surface area contributed by atoms with Crippen molar-refractivity contribution in [2.45, 2.75) is 24.5 Å². The molecule has 4 rings (SSSR count). The monoisotopic (exact) mass is 407 g/mol. The molecule has 7 nitrogen and oxygen atoms in total. The molecule has 1 aromatic rings. The van der Waals surface area contributed by atoms with Crippen molar-refractivity contribution in [3.05, 3.63) is 35.9 Å². The van der Waals surface area contributed by atoms with Crippen LogP contribution in [0, 0.1) is 11.8 Å². The summed E-state index contributed by atoms with van der Waals surface area (Å²) >= 11 is 0. The normalized spacial score (nSPS) is 30.4. The Morgan fingerprint density at radius 1 is 1.14 bits per heavy atom. The van der Waals surface area contributed by atoms with E-state index in [1.54, 1.807) is 11.4 Å². The summed E-state index contributed by atoms with van der Waals surface area (Å²) in [6, 6.07) is 9.57. The van der Waals surface area contributed by atoms with Gasteiger partial charge in [0.2, 0.25) is 10.0 Å². The van der Waals surface area contributed by atoms with Crippen LogP contribution in [0.4, 0.5) is 0 Å². The number of nitrogens with one attached hydrogen (secondary N) is 1. The molecule has 0 bridgehead atoms. The minimum absolute atomic E-state index is 0.0589.